The molecule has 0 bridgehead atoms. The molecular formula is C27H39ClN2. The number of piperazine rings is 1. The van der Waals surface area contributed by atoms with Crippen LogP contribution in [0.15, 0.2) is 54.6 Å². The standard InChI is InChI=1S/C27H38N2.ClH/c1-23-11-10-12-24(21-23)22-27(25-13-6-5-7-14-25)29-19-17-28(18-20-29)26-15-8-3-2-4-9-16-26;/h5-7,10-14,21,26-27H,2-4,8-9,15-20,22H2,1H3;1H. The van der Waals surface area contributed by atoms with Gasteiger partial charge in [-0.05, 0) is 37.3 Å². The molecule has 1 saturated heterocycles. The summed E-state index contributed by atoms with van der Waals surface area (Å²) in [7, 11) is 0. The van der Waals surface area contributed by atoms with Gasteiger partial charge in [0.05, 0.1) is 0 Å². The van der Waals surface area contributed by atoms with Gasteiger partial charge in [-0.25, -0.2) is 0 Å². The van der Waals surface area contributed by atoms with Crippen LogP contribution in [-0.4, -0.2) is 42.0 Å². The number of benzene rings is 2. The fourth-order valence-electron chi connectivity index (χ4n) is 5.41. The molecule has 1 aliphatic carbocycles. The van der Waals surface area contributed by atoms with Gasteiger partial charge in [-0.3, -0.25) is 9.80 Å². The monoisotopic (exact) mass is 426 g/mol. The third-order valence-electron chi connectivity index (χ3n) is 7.08. The minimum absolute atomic E-state index is 0. The zero-order chi connectivity index (χ0) is 19.9. The van der Waals surface area contributed by atoms with E-state index < -0.39 is 0 Å². The quantitative estimate of drug-likeness (QED) is 0.543. The zero-order valence-electron chi connectivity index (χ0n) is 18.6. The molecule has 0 radical (unpaired) electrons. The second-order valence-corrected chi connectivity index (χ2v) is 9.19. The Hall–Kier alpha value is -1.35. The Bertz CT molecular complexity index is 732. The first-order chi connectivity index (χ1) is 14.3. The van der Waals surface area contributed by atoms with Crippen LogP contribution in [-0.2, 0) is 6.42 Å². The van der Waals surface area contributed by atoms with Crippen LogP contribution in [0, 0.1) is 6.92 Å². The minimum Gasteiger partial charge on any atom is -0.298 e. The lowest BCUT2D eigenvalue weighted by Gasteiger charge is -2.43. The number of rotatable bonds is 5. The molecule has 1 heterocycles. The van der Waals surface area contributed by atoms with E-state index in [4.69, 9.17) is 0 Å². The first-order valence-corrected chi connectivity index (χ1v) is 11.9. The minimum atomic E-state index is 0. The lowest BCUT2D eigenvalue weighted by Crippen LogP contribution is -2.51. The van der Waals surface area contributed by atoms with Crippen molar-refractivity contribution in [2.24, 2.45) is 0 Å². The maximum Gasteiger partial charge on any atom is 0.0389 e. The van der Waals surface area contributed by atoms with Gasteiger partial charge in [-0.1, -0.05) is 92.3 Å². The molecule has 2 aromatic carbocycles. The van der Waals surface area contributed by atoms with Gasteiger partial charge in [0.1, 0.15) is 0 Å². The highest BCUT2D eigenvalue weighted by atomic mass is 35.5. The Balaban J connectivity index is 0.00000256. The summed E-state index contributed by atoms with van der Waals surface area (Å²) in [5.41, 5.74) is 4.29. The molecule has 0 N–H and O–H groups in total. The fourth-order valence-corrected chi connectivity index (χ4v) is 5.41. The highest BCUT2D eigenvalue weighted by Crippen LogP contribution is 2.28. The average molecular weight is 427 g/mol. The molecule has 30 heavy (non-hydrogen) atoms. The molecule has 0 spiro atoms. The molecular weight excluding hydrogens is 388 g/mol. The van der Waals surface area contributed by atoms with E-state index in [0.717, 1.165) is 12.5 Å². The zero-order valence-corrected chi connectivity index (χ0v) is 19.5. The van der Waals surface area contributed by atoms with E-state index >= 15 is 0 Å². The van der Waals surface area contributed by atoms with Crippen molar-refractivity contribution in [2.45, 2.75) is 70.4 Å². The number of hydrogen-bond donors (Lipinski definition) is 0. The first-order valence-electron chi connectivity index (χ1n) is 11.9. The Morgan fingerprint density at radius 2 is 1.47 bits per heavy atom. The Kier molecular flexibility index (Phi) is 9.24. The predicted octanol–water partition coefficient (Wildman–Crippen LogP) is 6.43. The Morgan fingerprint density at radius 1 is 0.800 bits per heavy atom. The van der Waals surface area contributed by atoms with Crippen LogP contribution < -0.4 is 0 Å². The smallest absolute Gasteiger partial charge is 0.0389 e. The SMILES string of the molecule is Cc1cccc(CC(c2ccccc2)N2CCN(C3CCCCCCC3)CC2)c1.Cl. The van der Waals surface area contributed by atoms with E-state index in [0.29, 0.717) is 6.04 Å². The highest BCUT2D eigenvalue weighted by molar-refractivity contribution is 5.85. The van der Waals surface area contributed by atoms with Crippen molar-refractivity contribution in [3.8, 4) is 0 Å². The normalized spacial score (nSPS) is 20.7. The lowest BCUT2D eigenvalue weighted by molar-refractivity contribution is 0.0595. The summed E-state index contributed by atoms with van der Waals surface area (Å²) < 4.78 is 0. The summed E-state index contributed by atoms with van der Waals surface area (Å²) in [4.78, 5) is 5.56. The van der Waals surface area contributed by atoms with Crippen molar-refractivity contribution < 1.29 is 0 Å². The van der Waals surface area contributed by atoms with Crippen molar-refractivity contribution >= 4 is 12.4 Å². The summed E-state index contributed by atoms with van der Waals surface area (Å²) in [6.07, 6.45) is 11.2. The van der Waals surface area contributed by atoms with Crippen LogP contribution in [0.3, 0.4) is 0 Å². The van der Waals surface area contributed by atoms with Gasteiger partial charge in [0.25, 0.3) is 0 Å². The van der Waals surface area contributed by atoms with Gasteiger partial charge >= 0.3 is 0 Å². The van der Waals surface area contributed by atoms with E-state index in [1.165, 1.54) is 87.8 Å². The van der Waals surface area contributed by atoms with Gasteiger partial charge in [-0.2, -0.15) is 0 Å². The van der Waals surface area contributed by atoms with Gasteiger partial charge in [0.2, 0.25) is 0 Å². The molecule has 1 saturated carbocycles. The molecule has 1 unspecified atom stereocenters. The number of halogens is 1. The number of aryl methyl sites for hydroxylation is 1. The van der Waals surface area contributed by atoms with Gasteiger partial charge < -0.3 is 0 Å². The van der Waals surface area contributed by atoms with Crippen LogP contribution >= 0.6 is 12.4 Å². The Morgan fingerprint density at radius 3 is 2.13 bits per heavy atom. The molecule has 1 aliphatic heterocycles. The van der Waals surface area contributed by atoms with Gasteiger partial charge in [-0.15, -0.1) is 12.4 Å². The summed E-state index contributed by atoms with van der Waals surface area (Å²) in [6, 6.07) is 21.6. The predicted molar refractivity (Wildman–Crippen MR) is 131 cm³/mol. The van der Waals surface area contributed by atoms with E-state index in [-0.39, 0.29) is 12.4 Å². The van der Waals surface area contributed by atoms with Crippen molar-refractivity contribution in [1.29, 1.82) is 0 Å². The van der Waals surface area contributed by atoms with Crippen LogP contribution in [0.4, 0.5) is 0 Å². The molecule has 3 heteroatoms. The molecule has 2 aliphatic rings. The third kappa shape index (κ3) is 6.33. The van der Waals surface area contributed by atoms with Crippen molar-refractivity contribution in [1.82, 2.24) is 9.80 Å². The fraction of sp³-hybridized carbons (Fsp3) is 0.556. The summed E-state index contributed by atoms with van der Waals surface area (Å²) in [5, 5.41) is 0. The first kappa shape index (κ1) is 23.3. The molecule has 164 valence electrons. The molecule has 2 nitrogen and oxygen atoms in total. The second kappa shape index (κ2) is 11.9. The third-order valence-corrected chi connectivity index (χ3v) is 7.08. The molecule has 2 fully saturated rings. The van der Waals surface area contributed by atoms with Gasteiger partial charge in [0.15, 0.2) is 0 Å². The number of hydrogen-bond acceptors (Lipinski definition) is 2. The van der Waals surface area contributed by atoms with Crippen molar-refractivity contribution in [2.75, 3.05) is 26.2 Å². The van der Waals surface area contributed by atoms with Crippen LogP contribution in [0.25, 0.3) is 0 Å². The van der Waals surface area contributed by atoms with E-state index in [9.17, 15) is 0 Å². The highest BCUT2D eigenvalue weighted by Gasteiger charge is 2.28. The second-order valence-electron chi connectivity index (χ2n) is 9.19. The molecule has 4 rings (SSSR count). The van der Waals surface area contributed by atoms with Crippen molar-refractivity contribution in [3.63, 3.8) is 0 Å². The maximum atomic E-state index is 2.82. The Labute approximate surface area is 190 Å². The van der Waals surface area contributed by atoms with Crippen LogP contribution in [0.2, 0.25) is 0 Å². The van der Waals surface area contributed by atoms with E-state index in [2.05, 4.69) is 71.3 Å². The van der Waals surface area contributed by atoms with E-state index in [1.54, 1.807) is 0 Å². The topological polar surface area (TPSA) is 6.48 Å². The summed E-state index contributed by atoms with van der Waals surface area (Å²) >= 11 is 0. The summed E-state index contributed by atoms with van der Waals surface area (Å²) in [5.74, 6) is 0. The average Bonchev–Trinajstić information content (AvgIpc) is 2.73. The number of nitrogens with zero attached hydrogens (tertiary/aromatic N) is 2. The maximum absolute atomic E-state index is 2.82. The van der Waals surface area contributed by atoms with Crippen LogP contribution in [0.1, 0.15) is 67.7 Å². The van der Waals surface area contributed by atoms with Crippen LogP contribution in [0.5, 0.6) is 0 Å². The molecule has 2 aromatic rings. The van der Waals surface area contributed by atoms with Gasteiger partial charge in [0, 0.05) is 38.3 Å². The molecule has 0 aromatic heterocycles. The van der Waals surface area contributed by atoms with E-state index in [1.807, 2.05) is 0 Å². The summed E-state index contributed by atoms with van der Waals surface area (Å²) in [6.45, 7) is 7.07. The largest absolute Gasteiger partial charge is 0.298 e. The lowest BCUT2D eigenvalue weighted by atomic mass is 9.94. The molecule has 1 atom stereocenters. The molecule has 0 amide bonds. The van der Waals surface area contributed by atoms with Crippen molar-refractivity contribution in [3.05, 3.63) is 71.3 Å².